The van der Waals surface area contributed by atoms with E-state index in [9.17, 15) is 4.79 Å². The van der Waals surface area contributed by atoms with Gasteiger partial charge in [0, 0.05) is 12.1 Å². The van der Waals surface area contributed by atoms with Crippen molar-refractivity contribution in [1.82, 2.24) is 15.5 Å². The average molecular weight is 389 g/mol. The van der Waals surface area contributed by atoms with Gasteiger partial charge in [-0.15, -0.1) is 10.2 Å². The van der Waals surface area contributed by atoms with Crippen LogP contribution >= 0.6 is 11.6 Å². The third-order valence-electron chi connectivity index (χ3n) is 3.88. The van der Waals surface area contributed by atoms with E-state index in [-0.39, 0.29) is 28.9 Å². The molecule has 0 radical (unpaired) electrons. The van der Waals surface area contributed by atoms with E-state index >= 15 is 0 Å². The summed E-state index contributed by atoms with van der Waals surface area (Å²) in [4.78, 5) is 12.1. The molecule has 2 rings (SSSR count). The Morgan fingerprint density at radius 1 is 1.26 bits per heavy atom. The Balaban J connectivity index is 1.82. The van der Waals surface area contributed by atoms with Crippen molar-refractivity contribution < 1.29 is 14.3 Å². The number of nitriles is 1. The lowest BCUT2D eigenvalue weighted by Crippen LogP contribution is -2.34. The van der Waals surface area contributed by atoms with Crippen molar-refractivity contribution >= 4 is 17.5 Å². The Bertz CT molecular complexity index is 821. The Morgan fingerprint density at radius 3 is 2.67 bits per heavy atom. The van der Waals surface area contributed by atoms with Gasteiger partial charge in [-0.3, -0.25) is 4.79 Å². The number of hydrogen-bond donors (Lipinski definition) is 1. The van der Waals surface area contributed by atoms with Gasteiger partial charge in [-0.2, -0.15) is 5.26 Å². The number of carbonyl (C=O) groups is 1. The van der Waals surface area contributed by atoms with Crippen LogP contribution in [0.3, 0.4) is 0 Å². The molecule has 27 heavy (non-hydrogen) atoms. The maximum absolute atomic E-state index is 12.1. The SMILES string of the molecule is COc1cc(O[C@@H](C)CC[C@H](C)NC(=O)c2ccc(Cl)nn2)ccc1C#N. The molecule has 0 bridgehead atoms. The third kappa shape index (κ3) is 6.12. The summed E-state index contributed by atoms with van der Waals surface area (Å²) in [7, 11) is 1.51. The van der Waals surface area contributed by atoms with E-state index < -0.39 is 0 Å². The predicted molar refractivity (Wildman–Crippen MR) is 101 cm³/mol. The first-order chi connectivity index (χ1) is 12.9. The Morgan fingerprint density at radius 2 is 2.04 bits per heavy atom. The van der Waals surface area contributed by atoms with Gasteiger partial charge in [0.05, 0.1) is 18.8 Å². The molecule has 0 aliphatic carbocycles. The first kappa shape index (κ1) is 20.5. The maximum Gasteiger partial charge on any atom is 0.272 e. The van der Waals surface area contributed by atoms with Crippen LogP contribution in [0.4, 0.5) is 0 Å². The number of nitrogens with one attached hydrogen (secondary N) is 1. The fraction of sp³-hybridized carbons (Fsp3) is 0.368. The Hall–Kier alpha value is -2.85. The zero-order valence-electron chi connectivity index (χ0n) is 15.4. The molecule has 1 aromatic heterocycles. The molecule has 0 aliphatic heterocycles. The molecule has 8 heteroatoms. The molecule has 0 spiro atoms. The number of rotatable bonds is 8. The summed E-state index contributed by atoms with van der Waals surface area (Å²) in [5.41, 5.74) is 0.680. The standard InChI is InChI=1S/C19H21ClN4O3/c1-12(22-19(25)16-8-9-18(20)24-23-16)4-5-13(2)27-15-7-6-14(11-21)17(10-15)26-3/h6-10,12-13H,4-5H2,1-3H3,(H,22,25)/t12-,13-/m0/s1. The molecule has 0 saturated carbocycles. The summed E-state index contributed by atoms with van der Waals surface area (Å²) in [6.45, 7) is 3.86. The van der Waals surface area contributed by atoms with Crippen LogP contribution in [0.5, 0.6) is 11.5 Å². The minimum Gasteiger partial charge on any atom is -0.495 e. The van der Waals surface area contributed by atoms with Gasteiger partial charge in [0.1, 0.15) is 17.6 Å². The molecular formula is C19H21ClN4O3. The topological polar surface area (TPSA) is 97.1 Å². The van der Waals surface area contributed by atoms with Gasteiger partial charge in [-0.1, -0.05) is 11.6 Å². The first-order valence-corrected chi connectivity index (χ1v) is 8.85. The summed E-state index contributed by atoms with van der Waals surface area (Å²) < 4.78 is 11.1. The first-order valence-electron chi connectivity index (χ1n) is 8.47. The van der Waals surface area contributed by atoms with Crippen LogP contribution in [-0.2, 0) is 0 Å². The molecule has 0 aliphatic rings. The summed E-state index contributed by atoms with van der Waals surface area (Å²) in [5, 5.41) is 19.5. The third-order valence-corrected chi connectivity index (χ3v) is 4.08. The fourth-order valence-corrected chi connectivity index (χ4v) is 2.52. The van der Waals surface area contributed by atoms with Gasteiger partial charge in [0.2, 0.25) is 0 Å². The van der Waals surface area contributed by atoms with Gasteiger partial charge in [-0.25, -0.2) is 0 Å². The molecule has 1 aromatic carbocycles. The van der Waals surface area contributed by atoms with E-state index in [0.717, 1.165) is 12.8 Å². The van der Waals surface area contributed by atoms with Crippen molar-refractivity contribution in [2.45, 2.75) is 38.8 Å². The number of aromatic nitrogens is 2. The number of ether oxygens (including phenoxy) is 2. The van der Waals surface area contributed by atoms with E-state index in [1.807, 2.05) is 13.8 Å². The predicted octanol–water partition coefficient (Wildman–Crippen LogP) is 3.38. The summed E-state index contributed by atoms with van der Waals surface area (Å²) >= 11 is 5.67. The second kappa shape index (κ2) is 9.74. The van der Waals surface area contributed by atoms with Crippen molar-refractivity contribution in [3.8, 4) is 17.6 Å². The largest absolute Gasteiger partial charge is 0.495 e. The monoisotopic (exact) mass is 388 g/mol. The van der Waals surface area contributed by atoms with Crippen LogP contribution in [0, 0.1) is 11.3 Å². The summed E-state index contributed by atoms with van der Waals surface area (Å²) in [5.74, 6) is 0.815. The lowest BCUT2D eigenvalue weighted by molar-refractivity contribution is 0.0928. The molecule has 7 nitrogen and oxygen atoms in total. The molecule has 142 valence electrons. The maximum atomic E-state index is 12.1. The van der Waals surface area contributed by atoms with Crippen LogP contribution in [0.15, 0.2) is 30.3 Å². The van der Waals surface area contributed by atoms with E-state index in [0.29, 0.717) is 17.1 Å². The van der Waals surface area contributed by atoms with Crippen molar-refractivity contribution in [3.63, 3.8) is 0 Å². The highest BCUT2D eigenvalue weighted by Crippen LogP contribution is 2.25. The average Bonchev–Trinajstić information content (AvgIpc) is 2.66. The number of methoxy groups -OCH3 is 1. The second-order valence-corrected chi connectivity index (χ2v) is 6.48. The molecular weight excluding hydrogens is 368 g/mol. The molecule has 1 amide bonds. The van der Waals surface area contributed by atoms with Gasteiger partial charge in [0.25, 0.3) is 5.91 Å². The second-order valence-electron chi connectivity index (χ2n) is 6.10. The van der Waals surface area contributed by atoms with Gasteiger partial charge in [-0.05, 0) is 51.0 Å². The molecule has 0 unspecified atom stereocenters. The van der Waals surface area contributed by atoms with Crippen LogP contribution in [-0.4, -0.2) is 35.4 Å². The van der Waals surface area contributed by atoms with Crippen LogP contribution in [0.25, 0.3) is 0 Å². The molecule has 1 heterocycles. The van der Waals surface area contributed by atoms with E-state index in [2.05, 4.69) is 21.6 Å². The highest BCUT2D eigenvalue weighted by atomic mass is 35.5. The number of carbonyl (C=O) groups excluding carboxylic acids is 1. The minimum atomic E-state index is -0.294. The lowest BCUT2D eigenvalue weighted by atomic mass is 10.1. The smallest absolute Gasteiger partial charge is 0.272 e. The molecule has 0 fully saturated rings. The number of hydrogen-bond acceptors (Lipinski definition) is 6. The molecule has 2 atom stereocenters. The van der Waals surface area contributed by atoms with Crippen molar-refractivity contribution in [1.29, 1.82) is 5.26 Å². The van der Waals surface area contributed by atoms with Crippen molar-refractivity contribution in [2.24, 2.45) is 0 Å². The summed E-state index contributed by atoms with van der Waals surface area (Å²) in [6.07, 6.45) is 1.38. The minimum absolute atomic E-state index is 0.0588. The number of nitrogens with zero attached hydrogens (tertiary/aromatic N) is 3. The Labute approximate surface area is 163 Å². The van der Waals surface area contributed by atoms with Crippen LogP contribution < -0.4 is 14.8 Å². The number of halogens is 1. The molecule has 1 N–H and O–H groups in total. The quantitative estimate of drug-likeness (QED) is 0.744. The van der Waals surface area contributed by atoms with Crippen LogP contribution in [0.1, 0.15) is 42.7 Å². The van der Waals surface area contributed by atoms with E-state index in [1.54, 1.807) is 18.2 Å². The van der Waals surface area contributed by atoms with Gasteiger partial charge in [0.15, 0.2) is 10.8 Å². The Kier molecular flexibility index (Phi) is 7.38. The molecule has 0 saturated heterocycles. The van der Waals surface area contributed by atoms with Gasteiger partial charge < -0.3 is 14.8 Å². The van der Waals surface area contributed by atoms with Crippen molar-refractivity contribution in [3.05, 3.63) is 46.7 Å². The number of benzene rings is 1. The summed E-state index contributed by atoms with van der Waals surface area (Å²) in [6, 6.07) is 10.2. The van der Waals surface area contributed by atoms with Crippen LogP contribution in [0.2, 0.25) is 5.15 Å². The van der Waals surface area contributed by atoms with Gasteiger partial charge >= 0.3 is 0 Å². The van der Waals surface area contributed by atoms with E-state index in [1.165, 1.54) is 19.2 Å². The molecule has 2 aromatic rings. The lowest BCUT2D eigenvalue weighted by Gasteiger charge is -2.18. The normalized spacial score (nSPS) is 12.6. The number of amides is 1. The van der Waals surface area contributed by atoms with E-state index in [4.69, 9.17) is 26.3 Å². The fourth-order valence-electron chi connectivity index (χ4n) is 2.42. The zero-order valence-corrected chi connectivity index (χ0v) is 16.2. The van der Waals surface area contributed by atoms with Crippen molar-refractivity contribution in [2.75, 3.05) is 7.11 Å². The highest BCUT2D eigenvalue weighted by Gasteiger charge is 2.14. The highest BCUT2D eigenvalue weighted by molar-refractivity contribution is 6.29. The zero-order chi connectivity index (χ0) is 19.8.